The minimum absolute atomic E-state index is 0.0606. The third-order valence-electron chi connectivity index (χ3n) is 4.00. The molecule has 1 amide bonds. The third kappa shape index (κ3) is 3.34. The number of fused-ring (bicyclic) bond motifs is 1. The van der Waals surface area contributed by atoms with Crippen molar-refractivity contribution in [3.05, 3.63) is 71.3 Å². The normalized spacial score (nSPS) is 10.7. The number of amides is 1. The molecule has 3 heteroatoms. The van der Waals surface area contributed by atoms with Crippen LogP contribution >= 0.6 is 0 Å². The molecule has 0 atom stereocenters. The Kier molecular flexibility index (Phi) is 4.02. The van der Waals surface area contributed by atoms with Crippen molar-refractivity contribution in [2.45, 2.75) is 20.3 Å². The summed E-state index contributed by atoms with van der Waals surface area (Å²) < 4.78 is 0. The molecule has 0 heterocycles. The van der Waals surface area contributed by atoms with Crippen molar-refractivity contribution in [3.63, 3.8) is 0 Å². The van der Waals surface area contributed by atoms with E-state index in [9.17, 15) is 9.90 Å². The smallest absolute Gasteiger partial charge is 0.228 e. The monoisotopic (exact) mass is 305 g/mol. The summed E-state index contributed by atoms with van der Waals surface area (Å²) in [5.41, 5.74) is 4.01. The predicted octanol–water partition coefficient (Wildman–Crippen LogP) is 4.34. The van der Waals surface area contributed by atoms with Crippen molar-refractivity contribution >= 4 is 22.4 Å². The summed E-state index contributed by atoms with van der Waals surface area (Å²) >= 11 is 0. The summed E-state index contributed by atoms with van der Waals surface area (Å²) in [6.07, 6.45) is 0.336. The largest absolute Gasteiger partial charge is 0.508 e. The maximum atomic E-state index is 12.4. The Balaban J connectivity index is 1.86. The second-order valence-electron chi connectivity index (χ2n) is 5.87. The highest BCUT2D eigenvalue weighted by Crippen LogP contribution is 2.27. The molecule has 0 bridgehead atoms. The Morgan fingerprint density at radius 3 is 2.70 bits per heavy atom. The van der Waals surface area contributed by atoms with Gasteiger partial charge in [0.05, 0.1) is 6.42 Å². The predicted molar refractivity (Wildman–Crippen MR) is 93.9 cm³/mol. The fourth-order valence-corrected chi connectivity index (χ4v) is 2.73. The second-order valence-corrected chi connectivity index (χ2v) is 5.87. The number of aromatic hydroxyl groups is 1. The first-order valence-corrected chi connectivity index (χ1v) is 7.60. The van der Waals surface area contributed by atoms with E-state index >= 15 is 0 Å². The van der Waals surface area contributed by atoms with Gasteiger partial charge in [0.2, 0.25) is 5.91 Å². The molecule has 0 aliphatic rings. The van der Waals surface area contributed by atoms with Gasteiger partial charge in [-0.25, -0.2) is 0 Å². The molecule has 2 N–H and O–H groups in total. The Hall–Kier alpha value is -2.81. The van der Waals surface area contributed by atoms with Crippen LogP contribution < -0.4 is 5.32 Å². The van der Waals surface area contributed by atoms with E-state index in [0.29, 0.717) is 12.1 Å². The van der Waals surface area contributed by atoms with Crippen molar-refractivity contribution in [3.8, 4) is 5.75 Å². The number of anilines is 1. The molecule has 0 radical (unpaired) electrons. The molecule has 116 valence electrons. The van der Waals surface area contributed by atoms with Gasteiger partial charge < -0.3 is 10.4 Å². The van der Waals surface area contributed by atoms with Gasteiger partial charge in [0, 0.05) is 11.1 Å². The number of hydrogen-bond acceptors (Lipinski definition) is 2. The number of carbonyl (C=O) groups excluding carboxylic acids is 1. The van der Waals surface area contributed by atoms with Crippen LogP contribution in [-0.4, -0.2) is 11.0 Å². The van der Waals surface area contributed by atoms with E-state index in [4.69, 9.17) is 0 Å². The zero-order valence-electron chi connectivity index (χ0n) is 13.3. The standard InChI is InChI=1S/C20H19NO2/c1-13-6-7-14(2)16(10-13)11-20(23)21-19-5-3-4-15-8-9-17(22)12-18(15)19/h3-10,12,22H,11H2,1-2H3,(H,21,23). The van der Waals surface area contributed by atoms with E-state index in [2.05, 4.69) is 5.32 Å². The lowest BCUT2D eigenvalue weighted by molar-refractivity contribution is -0.115. The van der Waals surface area contributed by atoms with E-state index in [1.807, 2.05) is 56.3 Å². The van der Waals surface area contributed by atoms with Crippen LogP contribution in [0.3, 0.4) is 0 Å². The van der Waals surface area contributed by atoms with Gasteiger partial charge in [-0.3, -0.25) is 4.79 Å². The van der Waals surface area contributed by atoms with E-state index < -0.39 is 0 Å². The average molecular weight is 305 g/mol. The number of benzene rings is 3. The molecule has 3 rings (SSSR count). The summed E-state index contributed by atoms with van der Waals surface area (Å²) in [7, 11) is 0. The maximum absolute atomic E-state index is 12.4. The van der Waals surface area contributed by atoms with Gasteiger partial charge in [-0.1, -0.05) is 42.0 Å². The Morgan fingerprint density at radius 2 is 1.87 bits per heavy atom. The highest BCUT2D eigenvalue weighted by molar-refractivity contribution is 6.03. The lowest BCUT2D eigenvalue weighted by Gasteiger charge is -2.11. The van der Waals surface area contributed by atoms with Crippen molar-refractivity contribution in [2.75, 3.05) is 5.32 Å². The number of hydrogen-bond donors (Lipinski definition) is 2. The van der Waals surface area contributed by atoms with E-state index in [-0.39, 0.29) is 11.7 Å². The van der Waals surface area contributed by atoms with Crippen LogP contribution in [0.1, 0.15) is 16.7 Å². The third-order valence-corrected chi connectivity index (χ3v) is 4.00. The molecule has 3 aromatic carbocycles. The van der Waals surface area contributed by atoms with Crippen LogP contribution in [0.25, 0.3) is 10.8 Å². The van der Waals surface area contributed by atoms with E-state index in [1.54, 1.807) is 12.1 Å². The highest BCUT2D eigenvalue weighted by Gasteiger charge is 2.09. The van der Waals surface area contributed by atoms with Crippen molar-refractivity contribution in [2.24, 2.45) is 0 Å². The van der Waals surface area contributed by atoms with Gasteiger partial charge in [-0.15, -0.1) is 0 Å². The molecule has 0 spiro atoms. The maximum Gasteiger partial charge on any atom is 0.228 e. The lowest BCUT2D eigenvalue weighted by Crippen LogP contribution is -2.15. The molecule has 0 aromatic heterocycles. The Labute approximate surface area is 135 Å². The topological polar surface area (TPSA) is 49.3 Å². The van der Waals surface area contributed by atoms with Gasteiger partial charge in [-0.05, 0) is 48.6 Å². The number of nitrogens with one attached hydrogen (secondary N) is 1. The summed E-state index contributed by atoms with van der Waals surface area (Å²) in [6, 6.07) is 17.0. The van der Waals surface area contributed by atoms with Gasteiger partial charge in [0.25, 0.3) is 0 Å². The Bertz CT molecular complexity index is 884. The minimum atomic E-state index is -0.0606. The van der Waals surface area contributed by atoms with E-state index in [1.165, 1.54) is 0 Å². The van der Waals surface area contributed by atoms with E-state index in [0.717, 1.165) is 27.5 Å². The molecule has 0 aliphatic carbocycles. The number of carbonyl (C=O) groups is 1. The molecule has 0 saturated heterocycles. The summed E-state index contributed by atoms with van der Waals surface area (Å²) in [5.74, 6) is 0.128. The quantitative estimate of drug-likeness (QED) is 0.756. The summed E-state index contributed by atoms with van der Waals surface area (Å²) in [6.45, 7) is 4.03. The number of rotatable bonds is 3. The van der Waals surface area contributed by atoms with Crippen LogP contribution in [0, 0.1) is 13.8 Å². The number of phenols is 1. The van der Waals surface area contributed by atoms with Crippen LogP contribution in [0.2, 0.25) is 0 Å². The van der Waals surface area contributed by atoms with Gasteiger partial charge in [0.15, 0.2) is 0 Å². The molecule has 23 heavy (non-hydrogen) atoms. The Morgan fingerprint density at radius 1 is 1.04 bits per heavy atom. The molecule has 0 aliphatic heterocycles. The van der Waals surface area contributed by atoms with Crippen LogP contribution in [-0.2, 0) is 11.2 Å². The minimum Gasteiger partial charge on any atom is -0.508 e. The van der Waals surface area contributed by atoms with Crippen LogP contribution in [0.15, 0.2) is 54.6 Å². The summed E-state index contributed by atoms with van der Waals surface area (Å²) in [4.78, 5) is 12.4. The molecule has 0 unspecified atom stereocenters. The molecule has 3 nitrogen and oxygen atoms in total. The molecule has 3 aromatic rings. The highest BCUT2D eigenvalue weighted by atomic mass is 16.3. The first-order valence-electron chi connectivity index (χ1n) is 7.60. The van der Waals surface area contributed by atoms with Crippen LogP contribution in [0.5, 0.6) is 5.75 Å². The first-order chi connectivity index (χ1) is 11.0. The van der Waals surface area contributed by atoms with Crippen molar-refractivity contribution in [1.29, 1.82) is 0 Å². The molecule has 0 fully saturated rings. The first kappa shape index (κ1) is 15.1. The van der Waals surface area contributed by atoms with Crippen LogP contribution in [0.4, 0.5) is 5.69 Å². The number of aryl methyl sites for hydroxylation is 2. The average Bonchev–Trinajstić information content (AvgIpc) is 2.51. The van der Waals surface area contributed by atoms with Crippen molar-refractivity contribution in [1.82, 2.24) is 0 Å². The SMILES string of the molecule is Cc1ccc(C)c(CC(=O)Nc2cccc3ccc(O)cc23)c1. The fourth-order valence-electron chi connectivity index (χ4n) is 2.73. The molecular formula is C20H19NO2. The van der Waals surface area contributed by atoms with Gasteiger partial charge in [-0.2, -0.15) is 0 Å². The van der Waals surface area contributed by atoms with Gasteiger partial charge >= 0.3 is 0 Å². The van der Waals surface area contributed by atoms with Gasteiger partial charge in [0.1, 0.15) is 5.75 Å². The second kappa shape index (κ2) is 6.13. The summed E-state index contributed by atoms with van der Waals surface area (Å²) in [5, 5.41) is 14.4. The molecular weight excluding hydrogens is 286 g/mol. The van der Waals surface area contributed by atoms with Crippen molar-refractivity contribution < 1.29 is 9.90 Å². The fraction of sp³-hybridized carbons (Fsp3) is 0.150. The number of phenolic OH excluding ortho intramolecular Hbond substituents is 1. The lowest BCUT2D eigenvalue weighted by atomic mass is 10.0. The molecule has 0 saturated carbocycles. The zero-order chi connectivity index (χ0) is 16.4. The zero-order valence-corrected chi connectivity index (χ0v) is 13.3.